The van der Waals surface area contributed by atoms with Gasteiger partial charge in [-0.1, -0.05) is 12.1 Å². The minimum absolute atomic E-state index is 0.399. The predicted molar refractivity (Wildman–Crippen MR) is 73.9 cm³/mol. The molecule has 2 rings (SSSR count). The lowest BCUT2D eigenvalue weighted by atomic mass is 10.0. The number of benzene rings is 1. The van der Waals surface area contributed by atoms with Gasteiger partial charge in [-0.15, -0.1) is 0 Å². The van der Waals surface area contributed by atoms with Crippen LogP contribution in [0.25, 0.3) is 0 Å². The smallest absolute Gasteiger partial charge is 0.370 e. The van der Waals surface area contributed by atoms with Gasteiger partial charge in [-0.2, -0.15) is 13.2 Å². The Labute approximate surface area is 121 Å². The van der Waals surface area contributed by atoms with Crippen LogP contribution in [0.3, 0.4) is 0 Å². The van der Waals surface area contributed by atoms with E-state index in [0.29, 0.717) is 37.8 Å². The van der Waals surface area contributed by atoms with Crippen molar-refractivity contribution in [1.29, 1.82) is 0 Å². The average molecular weight is 301 g/mol. The van der Waals surface area contributed by atoms with Crippen molar-refractivity contribution >= 4 is 5.96 Å². The summed E-state index contributed by atoms with van der Waals surface area (Å²) in [5, 5.41) is 0. The molecule has 0 aromatic heterocycles. The van der Waals surface area contributed by atoms with Gasteiger partial charge < -0.3 is 15.4 Å². The Hall–Kier alpha value is -1.76. The summed E-state index contributed by atoms with van der Waals surface area (Å²) in [6.07, 6.45) is -4.79. The van der Waals surface area contributed by atoms with Crippen molar-refractivity contribution in [3.05, 3.63) is 35.4 Å². The number of rotatable bonds is 2. The van der Waals surface area contributed by atoms with Gasteiger partial charge in [0.25, 0.3) is 0 Å². The number of hydrogen-bond donors (Lipinski definition) is 1. The van der Waals surface area contributed by atoms with Gasteiger partial charge in [-0.25, -0.2) is 0 Å². The van der Waals surface area contributed by atoms with Crippen molar-refractivity contribution in [1.82, 2.24) is 4.90 Å². The fourth-order valence-electron chi connectivity index (χ4n) is 2.24. The molecule has 1 aliphatic heterocycles. The average Bonchev–Trinajstić information content (AvgIpc) is 2.47. The molecule has 4 nitrogen and oxygen atoms in total. The molecule has 1 fully saturated rings. The molecule has 1 aromatic carbocycles. The highest BCUT2D eigenvalue weighted by Crippen LogP contribution is 2.32. The first kappa shape index (κ1) is 15.6. The van der Waals surface area contributed by atoms with Gasteiger partial charge in [-0.3, -0.25) is 4.99 Å². The van der Waals surface area contributed by atoms with Crippen LogP contribution in [0.5, 0.6) is 0 Å². The Morgan fingerprint density at radius 3 is 2.90 bits per heavy atom. The number of ether oxygens (including phenoxy) is 1. The predicted octanol–water partition coefficient (Wildman–Crippen LogP) is 2.41. The molecule has 21 heavy (non-hydrogen) atoms. The second-order valence-corrected chi connectivity index (χ2v) is 4.76. The van der Waals surface area contributed by atoms with Crippen molar-refractivity contribution in [2.24, 2.45) is 10.7 Å². The molecule has 0 aliphatic carbocycles. The lowest BCUT2D eigenvalue weighted by molar-refractivity contribution is -0.137. The largest absolute Gasteiger partial charge is 0.416 e. The van der Waals surface area contributed by atoms with Gasteiger partial charge in [0.15, 0.2) is 5.96 Å². The van der Waals surface area contributed by atoms with E-state index >= 15 is 0 Å². The van der Waals surface area contributed by atoms with E-state index in [1.54, 1.807) is 6.07 Å². The molecule has 7 heteroatoms. The summed E-state index contributed by atoms with van der Waals surface area (Å²) in [5.41, 5.74) is 5.67. The van der Waals surface area contributed by atoms with Crippen LogP contribution in [0, 0.1) is 0 Å². The van der Waals surface area contributed by atoms with Crippen molar-refractivity contribution < 1.29 is 17.9 Å². The van der Waals surface area contributed by atoms with E-state index in [2.05, 4.69) is 4.99 Å². The van der Waals surface area contributed by atoms with Crippen LogP contribution in [0.1, 0.15) is 24.2 Å². The van der Waals surface area contributed by atoms with E-state index in [1.165, 1.54) is 6.07 Å². The van der Waals surface area contributed by atoms with Gasteiger partial charge >= 0.3 is 6.18 Å². The summed E-state index contributed by atoms with van der Waals surface area (Å²) in [6.45, 7) is 3.83. The van der Waals surface area contributed by atoms with E-state index < -0.39 is 17.8 Å². The lowest BCUT2D eigenvalue weighted by Crippen LogP contribution is -2.46. The van der Waals surface area contributed by atoms with E-state index in [0.717, 1.165) is 12.1 Å². The van der Waals surface area contributed by atoms with Gasteiger partial charge in [0, 0.05) is 13.1 Å². The summed E-state index contributed by atoms with van der Waals surface area (Å²) in [6, 6.07) is 5.21. The summed E-state index contributed by atoms with van der Waals surface area (Å²) >= 11 is 0. The highest BCUT2D eigenvalue weighted by atomic mass is 19.4. The first-order chi connectivity index (χ1) is 9.91. The zero-order valence-corrected chi connectivity index (χ0v) is 11.7. The number of hydrogen-bond acceptors (Lipinski definition) is 2. The van der Waals surface area contributed by atoms with E-state index in [1.807, 2.05) is 11.8 Å². The Bertz CT molecular complexity index is 516. The summed E-state index contributed by atoms with van der Waals surface area (Å²) in [4.78, 5) is 5.95. The number of nitrogens with two attached hydrogens (primary N) is 1. The second-order valence-electron chi connectivity index (χ2n) is 4.76. The maximum Gasteiger partial charge on any atom is 0.416 e. The Balaban J connectivity index is 2.16. The van der Waals surface area contributed by atoms with Crippen molar-refractivity contribution in [3.63, 3.8) is 0 Å². The monoisotopic (exact) mass is 301 g/mol. The third kappa shape index (κ3) is 3.87. The molecule has 0 bridgehead atoms. The molecule has 1 saturated heterocycles. The zero-order valence-electron chi connectivity index (χ0n) is 11.7. The molecular formula is C14H18F3N3O. The molecule has 0 saturated carbocycles. The fraction of sp³-hybridized carbons (Fsp3) is 0.500. The molecule has 2 N–H and O–H groups in total. The summed E-state index contributed by atoms with van der Waals surface area (Å²) < 4.78 is 43.8. The zero-order chi connectivity index (χ0) is 15.5. The minimum Gasteiger partial charge on any atom is -0.370 e. The molecule has 1 aromatic rings. The van der Waals surface area contributed by atoms with Crippen molar-refractivity contribution in [3.8, 4) is 0 Å². The van der Waals surface area contributed by atoms with E-state index in [9.17, 15) is 13.2 Å². The van der Waals surface area contributed by atoms with Crippen molar-refractivity contribution in [2.45, 2.75) is 19.2 Å². The first-order valence-electron chi connectivity index (χ1n) is 6.75. The molecule has 1 atom stereocenters. The Morgan fingerprint density at radius 2 is 2.24 bits per heavy atom. The van der Waals surface area contributed by atoms with Gasteiger partial charge in [0.05, 0.1) is 18.7 Å². The number of aliphatic imine (C=N–C) groups is 1. The molecule has 0 radical (unpaired) electrons. The number of morpholine rings is 1. The van der Waals surface area contributed by atoms with Crippen LogP contribution in [-0.4, -0.2) is 37.1 Å². The highest BCUT2D eigenvalue weighted by molar-refractivity contribution is 5.78. The summed E-state index contributed by atoms with van der Waals surface area (Å²) in [5.74, 6) is 0.401. The van der Waals surface area contributed by atoms with Gasteiger partial charge in [0.2, 0.25) is 0 Å². The van der Waals surface area contributed by atoms with Crippen LogP contribution >= 0.6 is 0 Å². The Morgan fingerprint density at radius 1 is 1.48 bits per heavy atom. The van der Waals surface area contributed by atoms with Gasteiger partial charge in [-0.05, 0) is 24.6 Å². The highest BCUT2D eigenvalue weighted by Gasteiger charge is 2.32. The topological polar surface area (TPSA) is 50.8 Å². The molecule has 0 amide bonds. The van der Waals surface area contributed by atoms with Crippen LogP contribution < -0.4 is 5.73 Å². The quantitative estimate of drug-likeness (QED) is 0.674. The molecular weight excluding hydrogens is 283 g/mol. The molecule has 0 spiro atoms. The number of halogens is 3. The van der Waals surface area contributed by atoms with Crippen LogP contribution in [0.2, 0.25) is 0 Å². The second kappa shape index (κ2) is 6.34. The SMILES string of the molecule is CCN=C(N)N1CCOC(c2cccc(C(F)(F)F)c2)C1. The number of nitrogens with zero attached hydrogens (tertiary/aromatic N) is 2. The maximum absolute atomic E-state index is 12.8. The van der Waals surface area contributed by atoms with Crippen LogP contribution in [-0.2, 0) is 10.9 Å². The van der Waals surface area contributed by atoms with Crippen LogP contribution in [0.4, 0.5) is 13.2 Å². The standard InChI is InChI=1S/C14H18F3N3O/c1-2-19-13(18)20-6-7-21-12(9-20)10-4-3-5-11(8-10)14(15,16)17/h3-5,8,12H,2,6-7,9H2,1H3,(H2,18,19). The fourth-order valence-corrected chi connectivity index (χ4v) is 2.24. The molecule has 1 unspecified atom stereocenters. The van der Waals surface area contributed by atoms with E-state index in [-0.39, 0.29) is 0 Å². The number of guanidine groups is 1. The lowest BCUT2D eigenvalue weighted by Gasteiger charge is -2.34. The number of alkyl halides is 3. The molecule has 1 heterocycles. The molecule has 1 aliphatic rings. The first-order valence-corrected chi connectivity index (χ1v) is 6.75. The molecule has 116 valence electrons. The van der Waals surface area contributed by atoms with Crippen LogP contribution in [0.15, 0.2) is 29.3 Å². The maximum atomic E-state index is 12.8. The Kier molecular flexibility index (Phi) is 4.72. The van der Waals surface area contributed by atoms with Gasteiger partial charge in [0.1, 0.15) is 6.10 Å². The minimum atomic E-state index is -4.35. The third-order valence-corrected chi connectivity index (χ3v) is 3.30. The summed E-state index contributed by atoms with van der Waals surface area (Å²) in [7, 11) is 0. The van der Waals surface area contributed by atoms with E-state index in [4.69, 9.17) is 10.5 Å². The third-order valence-electron chi connectivity index (χ3n) is 3.30. The normalized spacial score (nSPS) is 20.7. The van der Waals surface area contributed by atoms with Crippen molar-refractivity contribution in [2.75, 3.05) is 26.2 Å².